The van der Waals surface area contributed by atoms with Gasteiger partial charge < -0.3 is 4.98 Å². The van der Waals surface area contributed by atoms with Crippen LogP contribution in [0.15, 0.2) is 12.9 Å². The summed E-state index contributed by atoms with van der Waals surface area (Å²) in [5.74, 6) is 0.555. The minimum Gasteiger partial charge on any atom is -0.342 e. The van der Waals surface area contributed by atoms with Gasteiger partial charge in [0.25, 0.3) is 0 Å². The molecule has 2 amide bonds. The van der Waals surface area contributed by atoms with Crippen molar-refractivity contribution in [2.45, 2.75) is 6.92 Å². The van der Waals surface area contributed by atoms with Crippen LogP contribution in [0.5, 0.6) is 0 Å². The van der Waals surface area contributed by atoms with Gasteiger partial charge in [-0.2, -0.15) is 0 Å². The molecule has 2 N–H and O–H groups in total. The predicted molar refractivity (Wildman–Crippen MR) is 49.0 cm³/mol. The Balaban J connectivity index is 2.45. The van der Waals surface area contributed by atoms with E-state index in [1.54, 1.807) is 4.90 Å². The van der Waals surface area contributed by atoms with Gasteiger partial charge in [0.05, 0.1) is 12.0 Å². The number of aromatic nitrogens is 2. The van der Waals surface area contributed by atoms with Crippen molar-refractivity contribution in [3.63, 3.8) is 0 Å². The molecule has 0 saturated carbocycles. The number of rotatable bonds is 1. The molecule has 1 aromatic heterocycles. The largest absolute Gasteiger partial charge is 0.342 e. The van der Waals surface area contributed by atoms with Crippen LogP contribution >= 0.6 is 0 Å². The van der Waals surface area contributed by atoms with Crippen LogP contribution in [0.4, 0.5) is 10.6 Å². The van der Waals surface area contributed by atoms with Crippen molar-refractivity contribution in [1.82, 2.24) is 14.9 Å². The number of anilines is 1. The Kier molecular flexibility index (Phi) is 1.58. The minimum atomic E-state index is -0.174. The third-order valence-corrected chi connectivity index (χ3v) is 2.04. The molecule has 13 heavy (non-hydrogen) atoms. The number of H-pyrrole nitrogens is 1. The van der Waals surface area contributed by atoms with Crippen molar-refractivity contribution < 1.29 is 4.79 Å². The van der Waals surface area contributed by atoms with Crippen molar-refractivity contribution in [1.29, 1.82) is 0 Å². The van der Waals surface area contributed by atoms with Gasteiger partial charge in [-0.3, -0.25) is 10.2 Å². The number of fused-ring (bicyclic) bond motifs is 1. The Morgan fingerprint density at radius 2 is 2.46 bits per heavy atom. The lowest BCUT2D eigenvalue weighted by Gasteiger charge is -2.27. The maximum atomic E-state index is 11.4. The lowest BCUT2D eigenvalue weighted by Crippen LogP contribution is -2.37. The molecule has 0 radical (unpaired) electrons. The Bertz CT molecular complexity index is 368. The van der Waals surface area contributed by atoms with Crippen LogP contribution in [-0.2, 0) is 0 Å². The lowest BCUT2D eigenvalue weighted by molar-refractivity contribution is 0.232. The minimum absolute atomic E-state index is 0.174. The Morgan fingerprint density at radius 1 is 1.69 bits per heavy atom. The van der Waals surface area contributed by atoms with Crippen LogP contribution < -0.4 is 5.32 Å². The van der Waals surface area contributed by atoms with Gasteiger partial charge in [0.15, 0.2) is 5.82 Å². The molecule has 0 saturated heterocycles. The zero-order chi connectivity index (χ0) is 9.42. The molecule has 5 heteroatoms. The second-order valence-electron chi connectivity index (χ2n) is 2.75. The number of hydrogen-bond acceptors (Lipinski definition) is 2. The van der Waals surface area contributed by atoms with E-state index in [-0.39, 0.29) is 6.03 Å². The fourth-order valence-corrected chi connectivity index (χ4v) is 1.37. The number of imidazole rings is 1. The van der Waals surface area contributed by atoms with E-state index in [2.05, 4.69) is 21.9 Å². The molecule has 2 heterocycles. The van der Waals surface area contributed by atoms with Crippen LogP contribution in [0, 0.1) is 0 Å². The van der Waals surface area contributed by atoms with E-state index in [4.69, 9.17) is 0 Å². The molecule has 1 aliphatic rings. The van der Waals surface area contributed by atoms with Gasteiger partial charge in [0.1, 0.15) is 5.69 Å². The van der Waals surface area contributed by atoms with Crippen molar-refractivity contribution in [3.8, 4) is 0 Å². The topological polar surface area (TPSA) is 61.0 Å². The summed E-state index contributed by atoms with van der Waals surface area (Å²) in [6.45, 7) is 6.32. The summed E-state index contributed by atoms with van der Waals surface area (Å²) in [5.41, 5.74) is 1.44. The number of carbonyl (C=O) groups is 1. The quantitative estimate of drug-likeness (QED) is 0.679. The third kappa shape index (κ3) is 1.00. The first-order chi connectivity index (χ1) is 6.24. The van der Waals surface area contributed by atoms with E-state index >= 15 is 0 Å². The van der Waals surface area contributed by atoms with Crippen LogP contribution in [-0.4, -0.2) is 27.4 Å². The molecule has 0 unspecified atom stereocenters. The highest BCUT2D eigenvalue weighted by Crippen LogP contribution is 2.26. The summed E-state index contributed by atoms with van der Waals surface area (Å²) in [7, 11) is 0. The molecular formula is C8H10N4O. The molecule has 2 rings (SSSR count). The predicted octanol–water partition coefficient (Wildman–Crippen LogP) is 1.25. The number of nitrogens with zero attached hydrogens (tertiary/aromatic N) is 2. The van der Waals surface area contributed by atoms with Crippen LogP contribution in [0.1, 0.15) is 12.6 Å². The second-order valence-corrected chi connectivity index (χ2v) is 2.75. The van der Waals surface area contributed by atoms with Gasteiger partial charge in [-0.15, -0.1) is 0 Å². The molecule has 1 aromatic rings. The first-order valence-electron chi connectivity index (χ1n) is 4.05. The second kappa shape index (κ2) is 2.62. The van der Waals surface area contributed by atoms with E-state index in [1.165, 1.54) is 6.33 Å². The van der Waals surface area contributed by atoms with Crippen molar-refractivity contribution in [2.75, 3.05) is 11.9 Å². The molecular weight excluding hydrogens is 168 g/mol. The monoisotopic (exact) mass is 178 g/mol. The van der Waals surface area contributed by atoms with Gasteiger partial charge in [-0.25, -0.2) is 9.78 Å². The highest BCUT2D eigenvalue weighted by atomic mass is 16.2. The average Bonchev–Trinajstić information content (AvgIpc) is 2.53. The van der Waals surface area contributed by atoms with Gasteiger partial charge in [-0.1, -0.05) is 6.58 Å². The normalized spacial score (nSPS) is 15.6. The maximum absolute atomic E-state index is 11.4. The number of carbonyl (C=O) groups excluding carboxylic acids is 1. The first kappa shape index (κ1) is 7.85. The van der Waals surface area contributed by atoms with E-state index < -0.39 is 0 Å². The lowest BCUT2D eigenvalue weighted by atomic mass is 10.2. The van der Waals surface area contributed by atoms with Gasteiger partial charge >= 0.3 is 6.03 Å². The Hall–Kier alpha value is -1.78. The number of nitrogens with one attached hydrogen (secondary N) is 2. The van der Waals surface area contributed by atoms with Gasteiger partial charge in [-0.05, 0) is 6.92 Å². The number of amides is 2. The molecule has 0 aromatic carbocycles. The van der Waals surface area contributed by atoms with Crippen LogP contribution in [0.2, 0.25) is 0 Å². The van der Waals surface area contributed by atoms with Crippen molar-refractivity contribution in [2.24, 2.45) is 0 Å². The molecule has 0 aliphatic carbocycles. The zero-order valence-electron chi connectivity index (χ0n) is 7.29. The summed E-state index contributed by atoms with van der Waals surface area (Å²) in [5, 5.41) is 2.66. The van der Waals surface area contributed by atoms with Crippen LogP contribution in [0.25, 0.3) is 5.70 Å². The molecule has 68 valence electrons. The molecule has 1 aliphatic heterocycles. The highest BCUT2D eigenvalue weighted by molar-refractivity contribution is 6.00. The molecule has 0 spiro atoms. The van der Waals surface area contributed by atoms with Gasteiger partial charge in [0, 0.05) is 6.54 Å². The standard InChI is InChI=1S/C8H10N4O/c1-3-12-5(2)6-7(10-4-9-6)11-8(12)13/h4H,2-3H2,1H3,(H,9,10)(H,11,13). The summed E-state index contributed by atoms with van der Waals surface area (Å²) in [6, 6.07) is -0.174. The van der Waals surface area contributed by atoms with E-state index in [9.17, 15) is 4.79 Å². The van der Waals surface area contributed by atoms with E-state index in [0.29, 0.717) is 18.1 Å². The number of hydrogen-bond donors (Lipinski definition) is 2. The molecule has 0 bridgehead atoms. The fourth-order valence-electron chi connectivity index (χ4n) is 1.37. The average molecular weight is 178 g/mol. The summed E-state index contributed by atoms with van der Waals surface area (Å²) in [4.78, 5) is 19.8. The Labute approximate surface area is 75.5 Å². The SMILES string of the molecule is C=C1c2[nH]cnc2NC(=O)N1CC. The smallest absolute Gasteiger partial charge is 0.327 e. The fraction of sp³-hybridized carbons (Fsp3) is 0.250. The summed E-state index contributed by atoms with van der Waals surface area (Å²) < 4.78 is 0. The first-order valence-corrected chi connectivity index (χ1v) is 4.05. The van der Waals surface area contributed by atoms with Crippen LogP contribution in [0.3, 0.4) is 0 Å². The molecule has 5 nitrogen and oxygen atoms in total. The summed E-state index contributed by atoms with van der Waals surface area (Å²) in [6.07, 6.45) is 1.54. The maximum Gasteiger partial charge on any atom is 0.327 e. The van der Waals surface area contributed by atoms with Gasteiger partial charge in [0.2, 0.25) is 0 Å². The molecule has 0 atom stereocenters. The van der Waals surface area contributed by atoms with E-state index in [0.717, 1.165) is 5.69 Å². The summed E-state index contributed by atoms with van der Waals surface area (Å²) >= 11 is 0. The number of urea groups is 1. The molecule has 0 fully saturated rings. The Morgan fingerprint density at radius 3 is 3.15 bits per heavy atom. The third-order valence-electron chi connectivity index (χ3n) is 2.04. The zero-order valence-corrected chi connectivity index (χ0v) is 7.29. The number of aromatic amines is 1. The van der Waals surface area contributed by atoms with Crippen molar-refractivity contribution >= 4 is 17.5 Å². The highest BCUT2D eigenvalue weighted by Gasteiger charge is 2.26. The van der Waals surface area contributed by atoms with Crippen molar-refractivity contribution in [3.05, 3.63) is 18.6 Å². The van der Waals surface area contributed by atoms with E-state index in [1.807, 2.05) is 6.92 Å².